The molecule has 1 fully saturated rings. The minimum atomic E-state index is -0.375. The second-order valence-corrected chi connectivity index (χ2v) is 10.9. The molecule has 4 aromatic rings. The molecule has 1 aliphatic rings. The Labute approximate surface area is 248 Å². The molecule has 9 nitrogen and oxygen atoms in total. The number of pyridine rings is 1. The fraction of sp³-hybridized carbons (Fsp3) is 0.300. The number of benzene rings is 2. The summed E-state index contributed by atoms with van der Waals surface area (Å²) in [5, 5.41) is 4.15. The van der Waals surface area contributed by atoms with Gasteiger partial charge in [0.2, 0.25) is 5.95 Å². The molecule has 0 atom stereocenters. The fourth-order valence-corrected chi connectivity index (χ4v) is 5.35. The third-order valence-electron chi connectivity index (χ3n) is 7.05. The number of hydrogen-bond donors (Lipinski definition) is 2. The van der Waals surface area contributed by atoms with Crippen LogP contribution in [0.4, 0.5) is 17.3 Å². The third-order valence-corrected chi connectivity index (χ3v) is 7.66. The van der Waals surface area contributed by atoms with Crippen LogP contribution in [0.5, 0.6) is 5.75 Å². The molecule has 0 radical (unpaired) electrons. The highest BCUT2D eigenvalue weighted by Crippen LogP contribution is 2.35. The van der Waals surface area contributed by atoms with E-state index in [9.17, 15) is 4.79 Å². The first-order valence-electron chi connectivity index (χ1n) is 13.0. The molecule has 1 saturated heterocycles. The summed E-state index contributed by atoms with van der Waals surface area (Å²) in [4.78, 5) is 24.9. The monoisotopic (exact) mass is 592 g/mol. The number of rotatable bonds is 6. The van der Waals surface area contributed by atoms with Crippen molar-refractivity contribution >= 4 is 51.4 Å². The average molecular weight is 594 g/mol. The highest BCUT2D eigenvalue weighted by Gasteiger charge is 2.27. The molecule has 0 amide bonds. The molecule has 5 rings (SSSR count). The number of ether oxygens (including phenoxy) is 2. The van der Waals surface area contributed by atoms with E-state index in [1.165, 1.54) is 10.8 Å². The Balaban J connectivity index is 1.52. The smallest absolute Gasteiger partial charge is 0.266 e. The zero-order chi connectivity index (χ0) is 29.1. The van der Waals surface area contributed by atoms with Gasteiger partial charge in [0.05, 0.1) is 45.0 Å². The third kappa shape index (κ3) is 6.11. The minimum Gasteiger partial charge on any atom is -0.495 e. The topological polar surface area (TPSA) is 108 Å². The number of nitrogens with two attached hydrogens (primary N) is 1. The van der Waals surface area contributed by atoms with Crippen molar-refractivity contribution in [1.82, 2.24) is 14.5 Å². The van der Waals surface area contributed by atoms with Crippen LogP contribution < -0.4 is 26.2 Å². The number of fused-ring (bicyclic) bond motifs is 1. The van der Waals surface area contributed by atoms with Gasteiger partial charge >= 0.3 is 0 Å². The maximum atomic E-state index is 13.5. The van der Waals surface area contributed by atoms with E-state index in [0.717, 1.165) is 43.1 Å². The van der Waals surface area contributed by atoms with Crippen LogP contribution in [0.3, 0.4) is 0 Å². The largest absolute Gasteiger partial charge is 0.495 e. The van der Waals surface area contributed by atoms with E-state index < -0.39 is 0 Å². The van der Waals surface area contributed by atoms with Gasteiger partial charge in [0, 0.05) is 49.9 Å². The molecule has 2 aromatic heterocycles. The zero-order valence-corrected chi connectivity index (χ0v) is 24.5. The number of aromatic nitrogens is 3. The summed E-state index contributed by atoms with van der Waals surface area (Å²) in [5.41, 5.74) is 8.76. The van der Waals surface area contributed by atoms with Crippen LogP contribution in [0.15, 0.2) is 53.6 Å². The second kappa shape index (κ2) is 12.0. The van der Waals surface area contributed by atoms with Crippen LogP contribution in [-0.4, -0.2) is 54.0 Å². The van der Waals surface area contributed by atoms with Gasteiger partial charge in [0.15, 0.2) is 0 Å². The Morgan fingerprint density at radius 1 is 1.15 bits per heavy atom. The van der Waals surface area contributed by atoms with Crippen molar-refractivity contribution in [3.8, 4) is 23.3 Å². The van der Waals surface area contributed by atoms with Crippen molar-refractivity contribution in [3.05, 3.63) is 74.8 Å². The first kappa shape index (κ1) is 28.7. The van der Waals surface area contributed by atoms with Crippen LogP contribution >= 0.6 is 23.2 Å². The van der Waals surface area contributed by atoms with Gasteiger partial charge in [-0.05, 0) is 44.0 Å². The molecular formula is C30H30Cl2N6O3. The lowest BCUT2D eigenvalue weighted by molar-refractivity contribution is 0.240. The minimum absolute atomic E-state index is 0.145. The summed E-state index contributed by atoms with van der Waals surface area (Å²) >= 11 is 12.8. The molecule has 11 heteroatoms. The molecular weight excluding hydrogens is 563 g/mol. The Kier molecular flexibility index (Phi) is 8.38. The number of methoxy groups -OCH3 is 2. The van der Waals surface area contributed by atoms with Crippen molar-refractivity contribution in [2.75, 3.05) is 44.1 Å². The van der Waals surface area contributed by atoms with Gasteiger partial charge in [-0.15, -0.1) is 0 Å². The Morgan fingerprint density at radius 3 is 2.56 bits per heavy atom. The van der Waals surface area contributed by atoms with Crippen LogP contribution in [-0.2, 0) is 4.74 Å². The van der Waals surface area contributed by atoms with E-state index in [1.54, 1.807) is 38.6 Å². The van der Waals surface area contributed by atoms with Crippen molar-refractivity contribution in [2.45, 2.75) is 25.3 Å². The van der Waals surface area contributed by atoms with E-state index in [4.69, 9.17) is 38.4 Å². The molecule has 41 heavy (non-hydrogen) atoms. The van der Waals surface area contributed by atoms with Crippen LogP contribution in [0.25, 0.3) is 16.6 Å². The maximum Gasteiger partial charge on any atom is 0.266 e. The Morgan fingerprint density at radius 2 is 1.88 bits per heavy atom. The van der Waals surface area contributed by atoms with E-state index >= 15 is 0 Å². The summed E-state index contributed by atoms with van der Waals surface area (Å²) in [6, 6.07) is 10.9. The van der Waals surface area contributed by atoms with Crippen LogP contribution in [0.1, 0.15) is 25.3 Å². The predicted octanol–water partition coefficient (Wildman–Crippen LogP) is 5.16. The van der Waals surface area contributed by atoms with E-state index in [2.05, 4.69) is 38.9 Å². The molecule has 212 valence electrons. The van der Waals surface area contributed by atoms with E-state index in [-0.39, 0.29) is 23.1 Å². The first-order valence-corrected chi connectivity index (χ1v) is 13.8. The molecule has 2 aromatic carbocycles. The number of nitrogens with one attached hydrogen (secondary N) is 1. The van der Waals surface area contributed by atoms with Gasteiger partial charge in [0.1, 0.15) is 12.4 Å². The standard InChI is InChI=1S/C30H30Cl2N6O3/c1-30(33)11-13-37(14-12-30)24-10-9-20(16-25(24)41-3)35-29-34-17-21-26(36-29)19(6-5-15-40-2)18-38(28(21)39)27-22(31)7-4-8-23(27)32/h4,7-10,16-18H,11-15,33H2,1-3H3,(H,34,35,36). The number of para-hydroxylation sites is 1. The molecule has 1 aliphatic heterocycles. The molecule has 3 N–H and O–H groups in total. The first-order chi connectivity index (χ1) is 19.7. The highest BCUT2D eigenvalue weighted by molar-refractivity contribution is 6.37. The fourth-order valence-electron chi connectivity index (χ4n) is 4.77. The van der Waals surface area contributed by atoms with Crippen LogP contribution in [0, 0.1) is 11.8 Å². The molecule has 3 heterocycles. The van der Waals surface area contributed by atoms with Crippen molar-refractivity contribution in [3.63, 3.8) is 0 Å². The number of halogens is 2. The maximum absolute atomic E-state index is 13.5. The molecule has 0 saturated carbocycles. The highest BCUT2D eigenvalue weighted by atomic mass is 35.5. The number of anilines is 3. The second-order valence-electron chi connectivity index (χ2n) is 10.1. The normalized spacial score (nSPS) is 14.4. The van der Waals surface area contributed by atoms with Gasteiger partial charge in [0.25, 0.3) is 5.56 Å². The quantitative estimate of drug-likeness (QED) is 0.296. The van der Waals surface area contributed by atoms with Gasteiger partial charge < -0.3 is 25.4 Å². The van der Waals surface area contributed by atoms with Gasteiger partial charge in [-0.25, -0.2) is 9.97 Å². The summed E-state index contributed by atoms with van der Waals surface area (Å²) in [6.07, 6.45) is 4.86. The Bertz CT molecular complexity index is 1700. The summed E-state index contributed by atoms with van der Waals surface area (Å²) < 4.78 is 12.2. The SMILES string of the molecule is COCC#Cc1cn(-c2c(Cl)cccc2Cl)c(=O)c2cnc(Nc3ccc(N4CCC(C)(N)CC4)c(OC)c3)nc12. The predicted molar refractivity (Wildman–Crippen MR) is 164 cm³/mol. The number of nitrogens with zero attached hydrogens (tertiary/aromatic N) is 4. The van der Waals surface area contributed by atoms with Gasteiger partial charge in [-0.1, -0.05) is 41.1 Å². The van der Waals surface area contributed by atoms with Gasteiger partial charge in [-0.3, -0.25) is 9.36 Å². The molecule has 0 unspecified atom stereocenters. The number of piperidine rings is 1. The lowest BCUT2D eigenvalue weighted by atomic mass is 9.91. The lowest BCUT2D eigenvalue weighted by Gasteiger charge is -2.38. The molecule has 0 spiro atoms. The Hall–Kier alpha value is -3.81. The van der Waals surface area contributed by atoms with Crippen molar-refractivity contribution in [2.24, 2.45) is 5.73 Å². The van der Waals surface area contributed by atoms with E-state index in [0.29, 0.717) is 32.8 Å². The average Bonchev–Trinajstić information content (AvgIpc) is 2.95. The molecule has 0 aliphatic carbocycles. The molecule has 0 bridgehead atoms. The summed E-state index contributed by atoms with van der Waals surface area (Å²) in [5.74, 6) is 7.01. The number of hydrogen-bond acceptors (Lipinski definition) is 8. The summed E-state index contributed by atoms with van der Waals surface area (Å²) in [6.45, 7) is 4.01. The van der Waals surface area contributed by atoms with E-state index in [1.807, 2.05) is 18.2 Å². The lowest BCUT2D eigenvalue weighted by Crippen LogP contribution is -2.48. The zero-order valence-electron chi connectivity index (χ0n) is 23.0. The van der Waals surface area contributed by atoms with Crippen molar-refractivity contribution < 1.29 is 9.47 Å². The van der Waals surface area contributed by atoms with Gasteiger partial charge in [-0.2, -0.15) is 0 Å². The van der Waals surface area contributed by atoms with Crippen LogP contribution in [0.2, 0.25) is 10.0 Å². The van der Waals surface area contributed by atoms with Crippen molar-refractivity contribution in [1.29, 1.82) is 0 Å². The summed E-state index contributed by atoms with van der Waals surface area (Å²) in [7, 11) is 3.20.